The summed E-state index contributed by atoms with van der Waals surface area (Å²) in [4.78, 5) is 16.1. The first kappa shape index (κ1) is 16.8. The maximum Gasteiger partial charge on any atom is 0.226 e. The first-order chi connectivity index (χ1) is 11.1. The zero-order chi connectivity index (χ0) is 16.7. The fourth-order valence-corrected chi connectivity index (χ4v) is 2.12. The lowest BCUT2D eigenvalue weighted by Crippen LogP contribution is -2.23. The highest BCUT2D eigenvalue weighted by Gasteiger charge is 2.06. The number of benzene rings is 2. The van der Waals surface area contributed by atoms with Crippen molar-refractivity contribution in [1.82, 2.24) is 0 Å². The zero-order valence-electron chi connectivity index (χ0n) is 12.8. The molecule has 0 aliphatic rings. The fraction of sp³-hybridized carbons (Fsp3) is 0.176. The van der Waals surface area contributed by atoms with Gasteiger partial charge in [-0.1, -0.05) is 35.9 Å². The topological polar surface area (TPSA) is 79.5 Å². The molecule has 0 saturated carbocycles. The van der Waals surface area contributed by atoms with E-state index in [1.807, 2.05) is 43.3 Å². The number of nitrogens with two attached hydrogens (primary N) is 1. The quantitative estimate of drug-likeness (QED) is 0.580. The number of carbonyl (C=O) groups excluding carboxylic acids is 1. The summed E-state index contributed by atoms with van der Waals surface area (Å²) in [6, 6.07) is 14.9. The van der Waals surface area contributed by atoms with E-state index >= 15 is 0 Å². The molecule has 0 aliphatic heterocycles. The molecule has 23 heavy (non-hydrogen) atoms. The fourth-order valence-electron chi connectivity index (χ4n) is 1.94. The van der Waals surface area contributed by atoms with Gasteiger partial charge in [-0.05, 0) is 36.8 Å². The first-order valence-corrected chi connectivity index (χ1v) is 7.61. The predicted molar refractivity (Wildman–Crippen MR) is 96.0 cm³/mol. The number of anilines is 2. The average Bonchev–Trinajstić information content (AvgIpc) is 2.53. The van der Waals surface area contributed by atoms with Crippen LogP contribution in [0.15, 0.2) is 53.5 Å². The maximum absolute atomic E-state index is 11.9. The van der Waals surface area contributed by atoms with Gasteiger partial charge in [0.05, 0.1) is 6.54 Å². The van der Waals surface area contributed by atoms with Gasteiger partial charge in [0.15, 0.2) is 5.96 Å². The Bertz CT molecular complexity index is 701. The number of amides is 1. The Kier molecular flexibility index (Phi) is 6.00. The van der Waals surface area contributed by atoms with Gasteiger partial charge in [-0.3, -0.25) is 9.79 Å². The van der Waals surface area contributed by atoms with Crippen LogP contribution in [0.5, 0.6) is 0 Å². The van der Waals surface area contributed by atoms with Crippen molar-refractivity contribution >= 4 is 34.8 Å². The summed E-state index contributed by atoms with van der Waals surface area (Å²) in [5.74, 6) is 0.148. The molecule has 5 nitrogen and oxygen atoms in total. The number of para-hydroxylation sites is 1. The monoisotopic (exact) mass is 330 g/mol. The Labute approximate surface area is 140 Å². The number of hydrogen-bond donors (Lipinski definition) is 3. The van der Waals surface area contributed by atoms with E-state index in [-0.39, 0.29) is 18.3 Å². The third-order valence-corrected chi connectivity index (χ3v) is 3.62. The summed E-state index contributed by atoms with van der Waals surface area (Å²) in [6.07, 6.45) is 0.239. The van der Waals surface area contributed by atoms with Crippen molar-refractivity contribution in [3.63, 3.8) is 0 Å². The van der Waals surface area contributed by atoms with E-state index in [0.29, 0.717) is 17.3 Å². The predicted octanol–water partition coefficient (Wildman–Crippen LogP) is 3.40. The lowest BCUT2D eigenvalue weighted by molar-refractivity contribution is -0.116. The molecule has 0 spiro atoms. The molecule has 2 aromatic carbocycles. The van der Waals surface area contributed by atoms with Crippen LogP contribution >= 0.6 is 11.6 Å². The van der Waals surface area contributed by atoms with Crippen molar-refractivity contribution in [1.29, 1.82) is 0 Å². The molecular weight excluding hydrogens is 312 g/mol. The highest BCUT2D eigenvalue weighted by molar-refractivity contribution is 6.31. The number of hydrogen-bond acceptors (Lipinski definition) is 2. The Morgan fingerprint density at radius 3 is 2.61 bits per heavy atom. The molecule has 0 aliphatic carbocycles. The van der Waals surface area contributed by atoms with Crippen LogP contribution in [0.2, 0.25) is 5.02 Å². The minimum atomic E-state index is -0.133. The molecule has 2 rings (SSSR count). The summed E-state index contributed by atoms with van der Waals surface area (Å²) >= 11 is 6.02. The van der Waals surface area contributed by atoms with Crippen LogP contribution in [0.4, 0.5) is 11.4 Å². The summed E-state index contributed by atoms with van der Waals surface area (Å²) < 4.78 is 0. The molecule has 0 heterocycles. The molecular formula is C17H19ClN4O. The number of guanidine groups is 1. The van der Waals surface area contributed by atoms with Gasteiger partial charge in [-0.25, -0.2) is 0 Å². The maximum atomic E-state index is 11.9. The smallest absolute Gasteiger partial charge is 0.226 e. The van der Waals surface area contributed by atoms with E-state index in [4.69, 9.17) is 17.3 Å². The van der Waals surface area contributed by atoms with E-state index in [1.54, 1.807) is 12.1 Å². The van der Waals surface area contributed by atoms with Gasteiger partial charge in [0.25, 0.3) is 0 Å². The second kappa shape index (κ2) is 8.19. The van der Waals surface area contributed by atoms with E-state index < -0.39 is 0 Å². The lowest BCUT2D eigenvalue weighted by atomic mass is 10.2. The summed E-state index contributed by atoms with van der Waals surface area (Å²) in [5.41, 5.74) is 8.19. The molecule has 0 radical (unpaired) electrons. The van der Waals surface area contributed by atoms with E-state index in [0.717, 1.165) is 11.3 Å². The SMILES string of the molecule is Cc1c(Cl)cccc1NC(=O)CCN=C(N)Nc1ccccc1. The van der Waals surface area contributed by atoms with E-state index in [9.17, 15) is 4.79 Å². The number of halogens is 1. The molecule has 0 unspecified atom stereocenters. The molecule has 0 bridgehead atoms. The van der Waals surface area contributed by atoms with Crippen molar-refractivity contribution in [2.45, 2.75) is 13.3 Å². The van der Waals surface area contributed by atoms with Crippen LogP contribution < -0.4 is 16.4 Å². The Balaban J connectivity index is 1.82. The number of nitrogens with one attached hydrogen (secondary N) is 2. The summed E-state index contributed by atoms with van der Waals surface area (Å²) in [6.45, 7) is 2.16. The van der Waals surface area contributed by atoms with Crippen LogP contribution in [0, 0.1) is 6.92 Å². The normalized spacial score (nSPS) is 11.1. The molecule has 0 aromatic heterocycles. The van der Waals surface area contributed by atoms with Crippen LogP contribution in [-0.2, 0) is 4.79 Å². The number of carbonyl (C=O) groups is 1. The van der Waals surface area contributed by atoms with Crippen molar-refractivity contribution in [3.05, 3.63) is 59.1 Å². The van der Waals surface area contributed by atoms with E-state index in [1.165, 1.54) is 0 Å². The van der Waals surface area contributed by atoms with Crippen LogP contribution in [0.3, 0.4) is 0 Å². The van der Waals surface area contributed by atoms with E-state index in [2.05, 4.69) is 15.6 Å². The first-order valence-electron chi connectivity index (χ1n) is 7.23. The van der Waals surface area contributed by atoms with Crippen molar-refractivity contribution < 1.29 is 4.79 Å². The summed E-state index contributed by atoms with van der Waals surface area (Å²) in [5, 5.41) is 6.40. The molecule has 0 atom stereocenters. The Hall–Kier alpha value is -2.53. The largest absolute Gasteiger partial charge is 0.370 e. The second-order valence-corrected chi connectivity index (χ2v) is 5.38. The van der Waals surface area contributed by atoms with Crippen molar-refractivity contribution in [2.75, 3.05) is 17.2 Å². The molecule has 6 heteroatoms. The Morgan fingerprint density at radius 2 is 1.87 bits per heavy atom. The highest BCUT2D eigenvalue weighted by atomic mass is 35.5. The minimum absolute atomic E-state index is 0.133. The molecule has 0 saturated heterocycles. The van der Waals surface area contributed by atoms with Crippen LogP contribution in [0.25, 0.3) is 0 Å². The molecule has 1 amide bonds. The molecule has 120 valence electrons. The average molecular weight is 331 g/mol. The molecule has 2 aromatic rings. The van der Waals surface area contributed by atoms with Gasteiger partial charge in [0.1, 0.15) is 0 Å². The van der Waals surface area contributed by atoms with Gasteiger partial charge < -0.3 is 16.4 Å². The van der Waals surface area contributed by atoms with Crippen molar-refractivity contribution in [2.24, 2.45) is 10.7 Å². The third kappa shape index (κ3) is 5.30. The van der Waals surface area contributed by atoms with Gasteiger partial charge in [0, 0.05) is 22.8 Å². The van der Waals surface area contributed by atoms with Crippen molar-refractivity contribution in [3.8, 4) is 0 Å². The van der Waals surface area contributed by atoms with Crippen LogP contribution in [-0.4, -0.2) is 18.4 Å². The van der Waals surface area contributed by atoms with Gasteiger partial charge in [-0.2, -0.15) is 0 Å². The number of aliphatic imine (C=N–C) groups is 1. The third-order valence-electron chi connectivity index (χ3n) is 3.21. The lowest BCUT2D eigenvalue weighted by Gasteiger charge is -2.09. The van der Waals surface area contributed by atoms with Gasteiger partial charge in [0.2, 0.25) is 5.91 Å². The zero-order valence-corrected chi connectivity index (χ0v) is 13.6. The number of nitrogens with zero attached hydrogens (tertiary/aromatic N) is 1. The highest BCUT2D eigenvalue weighted by Crippen LogP contribution is 2.22. The summed E-state index contributed by atoms with van der Waals surface area (Å²) in [7, 11) is 0. The van der Waals surface area contributed by atoms with Crippen LogP contribution in [0.1, 0.15) is 12.0 Å². The molecule has 0 fully saturated rings. The second-order valence-electron chi connectivity index (χ2n) is 4.97. The van der Waals surface area contributed by atoms with Gasteiger partial charge >= 0.3 is 0 Å². The minimum Gasteiger partial charge on any atom is -0.370 e. The Morgan fingerprint density at radius 1 is 1.13 bits per heavy atom. The number of rotatable bonds is 5. The molecule has 4 N–H and O–H groups in total. The van der Waals surface area contributed by atoms with Gasteiger partial charge in [-0.15, -0.1) is 0 Å². The standard InChI is InChI=1S/C17H19ClN4O/c1-12-14(18)8-5-9-15(12)22-16(23)10-11-20-17(19)21-13-6-3-2-4-7-13/h2-9H,10-11H2,1H3,(H,22,23)(H3,19,20,21).